The average Bonchev–Trinajstić information content (AvgIpc) is 2.99. The molecular formula is C18H20N4O2S. The molecule has 1 aliphatic rings. The molecule has 2 aromatic heterocycles. The van der Waals surface area contributed by atoms with Gasteiger partial charge in [-0.2, -0.15) is 5.26 Å². The minimum Gasteiger partial charge on any atom is -0.360 e. The third kappa shape index (κ3) is 4.02. The van der Waals surface area contributed by atoms with E-state index in [4.69, 9.17) is 4.52 Å². The number of carbonyl (C=O) groups is 1. The molecule has 2 aromatic rings. The second-order valence-corrected chi connectivity index (χ2v) is 7.81. The SMILES string of the molecule is Cc1cc(NC(=O)C(C)Sc2nc3c(cc2C#N)CC(C)CC3)no1. The molecule has 1 aliphatic carbocycles. The Bertz CT molecular complexity index is 840. The molecule has 0 radical (unpaired) electrons. The Hall–Kier alpha value is -2.33. The van der Waals surface area contributed by atoms with Crippen molar-refractivity contribution in [2.24, 2.45) is 5.92 Å². The lowest BCUT2D eigenvalue weighted by Crippen LogP contribution is -2.23. The second-order valence-electron chi connectivity index (χ2n) is 6.48. The zero-order valence-electron chi connectivity index (χ0n) is 14.5. The number of aromatic nitrogens is 2. The summed E-state index contributed by atoms with van der Waals surface area (Å²) in [5, 5.41) is 16.1. The fourth-order valence-corrected chi connectivity index (χ4v) is 3.77. The summed E-state index contributed by atoms with van der Waals surface area (Å²) < 4.78 is 4.94. The van der Waals surface area contributed by atoms with E-state index in [1.165, 1.54) is 11.8 Å². The van der Waals surface area contributed by atoms with Crippen LogP contribution in [0.3, 0.4) is 0 Å². The summed E-state index contributed by atoms with van der Waals surface area (Å²) in [5.41, 5.74) is 2.75. The number of nitrogens with zero attached hydrogens (tertiary/aromatic N) is 3. The molecule has 0 aliphatic heterocycles. The van der Waals surface area contributed by atoms with Crippen molar-refractivity contribution in [1.29, 1.82) is 5.26 Å². The van der Waals surface area contributed by atoms with E-state index < -0.39 is 5.25 Å². The fraction of sp³-hybridized carbons (Fsp3) is 0.444. The van der Waals surface area contributed by atoms with Gasteiger partial charge in [0.1, 0.15) is 16.9 Å². The van der Waals surface area contributed by atoms with Crippen molar-refractivity contribution in [3.63, 3.8) is 0 Å². The van der Waals surface area contributed by atoms with E-state index >= 15 is 0 Å². The van der Waals surface area contributed by atoms with Gasteiger partial charge in [0.05, 0.1) is 10.8 Å². The lowest BCUT2D eigenvalue weighted by Gasteiger charge is -2.22. The highest BCUT2D eigenvalue weighted by atomic mass is 32.2. The van der Waals surface area contributed by atoms with Crippen LogP contribution in [0.15, 0.2) is 21.7 Å². The Morgan fingerprint density at radius 1 is 1.52 bits per heavy atom. The lowest BCUT2D eigenvalue weighted by molar-refractivity contribution is -0.115. The molecule has 0 spiro atoms. The molecule has 130 valence electrons. The van der Waals surface area contributed by atoms with E-state index in [1.54, 1.807) is 19.9 Å². The Balaban J connectivity index is 1.75. The van der Waals surface area contributed by atoms with Gasteiger partial charge in [0.25, 0.3) is 0 Å². The van der Waals surface area contributed by atoms with E-state index in [-0.39, 0.29) is 5.91 Å². The molecule has 7 heteroatoms. The first-order valence-electron chi connectivity index (χ1n) is 8.30. The van der Waals surface area contributed by atoms with Crippen LogP contribution in [0.5, 0.6) is 0 Å². The van der Waals surface area contributed by atoms with E-state index in [0.717, 1.165) is 30.5 Å². The monoisotopic (exact) mass is 356 g/mol. The van der Waals surface area contributed by atoms with Gasteiger partial charge < -0.3 is 9.84 Å². The van der Waals surface area contributed by atoms with E-state index in [0.29, 0.717) is 28.1 Å². The number of aryl methyl sites for hydroxylation is 2. The molecule has 0 saturated carbocycles. The van der Waals surface area contributed by atoms with Crippen LogP contribution in [0, 0.1) is 24.2 Å². The van der Waals surface area contributed by atoms with Crippen molar-refractivity contribution in [2.75, 3.05) is 5.32 Å². The Kier molecular flexibility index (Phi) is 5.09. The number of fused-ring (bicyclic) bond motifs is 1. The number of amides is 1. The molecule has 0 saturated heterocycles. The number of pyridine rings is 1. The van der Waals surface area contributed by atoms with Crippen LogP contribution < -0.4 is 5.32 Å². The van der Waals surface area contributed by atoms with Gasteiger partial charge in [-0.05, 0) is 50.7 Å². The van der Waals surface area contributed by atoms with Crippen LogP contribution in [-0.4, -0.2) is 21.3 Å². The quantitative estimate of drug-likeness (QED) is 0.843. The third-order valence-electron chi connectivity index (χ3n) is 4.26. The van der Waals surface area contributed by atoms with E-state index in [2.05, 4.69) is 28.5 Å². The fourth-order valence-electron chi connectivity index (χ4n) is 2.87. The molecule has 1 N–H and O–H groups in total. The molecule has 2 heterocycles. The van der Waals surface area contributed by atoms with E-state index in [1.807, 2.05) is 6.07 Å². The maximum absolute atomic E-state index is 12.3. The minimum atomic E-state index is -0.405. The van der Waals surface area contributed by atoms with E-state index in [9.17, 15) is 10.1 Å². The molecule has 0 bridgehead atoms. The number of thioether (sulfide) groups is 1. The van der Waals surface area contributed by atoms with Crippen LogP contribution in [0.2, 0.25) is 0 Å². The standard InChI is InChI=1S/C18H20N4O2S/c1-10-4-5-15-13(6-10)8-14(9-19)18(20-15)25-12(3)17(23)21-16-7-11(2)24-22-16/h7-8,10,12H,4-6H2,1-3H3,(H,21,22,23). The summed E-state index contributed by atoms with van der Waals surface area (Å²) in [6, 6.07) is 5.81. The summed E-state index contributed by atoms with van der Waals surface area (Å²) >= 11 is 1.30. The first-order chi connectivity index (χ1) is 12.0. The van der Waals surface area contributed by atoms with Crippen LogP contribution >= 0.6 is 11.8 Å². The van der Waals surface area contributed by atoms with Crippen molar-refractivity contribution in [3.8, 4) is 6.07 Å². The summed E-state index contributed by atoms with van der Waals surface area (Å²) in [6.07, 6.45) is 3.00. The van der Waals surface area contributed by atoms with Gasteiger partial charge >= 0.3 is 0 Å². The highest BCUT2D eigenvalue weighted by Crippen LogP contribution is 2.31. The number of hydrogen-bond donors (Lipinski definition) is 1. The maximum Gasteiger partial charge on any atom is 0.238 e. The molecule has 0 aromatic carbocycles. The van der Waals surface area contributed by atoms with Crippen LogP contribution in [-0.2, 0) is 17.6 Å². The molecule has 2 atom stereocenters. The number of rotatable bonds is 4. The minimum absolute atomic E-state index is 0.199. The maximum atomic E-state index is 12.3. The van der Waals surface area contributed by atoms with Crippen molar-refractivity contribution >= 4 is 23.5 Å². The summed E-state index contributed by atoms with van der Waals surface area (Å²) in [4.78, 5) is 17.0. The largest absolute Gasteiger partial charge is 0.360 e. The lowest BCUT2D eigenvalue weighted by atomic mass is 9.87. The van der Waals surface area contributed by atoms with Crippen molar-refractivity contribution in [1.82, 2.24) is 10.1 Å². The first kappa shape index (κ1) is 17.5. The first-order valence-corrected chi connectivity index (χ1v) is 9.18. The van der Waals surface area contributed by atoms with Crippen molar-refractivity contribution < 1.29 is 9.32 Å². The third-order valence-corrected chi connectivity index (χ3v) is 5.36. The van der Waals surface area contributed by atoms with Gasteiger partial charge in [-0.3, -0.25) is 4.79 Å². The van der Waals surface area contributed by atoms with Gasteiger partial charge in [0.2, 0.25) is 5.91 Å². The number of carbonyl (C=O) groups excluding carboxylic acids is 1. The Morgan fingerprint density at radius 3 is 3.00 bits per heavy atom. The van der Waals surface area contributed by atoms with Crippen LogP contribution in [0.1, 0.15) is 42.8 Å². The normalized spacial score (nSPS) is 17.4. The van der Waals surface area contributed by atoms with Crippen LogP contribution in [0.25, 0.3) is 0 Å². The number of hydrogen-bond acceptors (Lipinski definition) is 6. The summed E-state index contributed by atoms with van der Waals surface area (Å²) in [7, 11) is 0. The summed E-state index contributed by atoms with van der Waals surface area (Å²) in [5.74, 6) is 1.45. The zero-order valence-corrected chi connectivity index (χ0v) is 15.3. The van der Waals surface area contributed by atoms with Gasteiger partial charge in [-0.15, -0.1) is 0 Å². The average molecular weight is 356 g/mol. The highest BCUT2D eigenvalue weighted by molar-refractivity contribution is 8.00. The Morgan fingerprint density at radius 2 is 2.32 bits per heavy atom. The molecular weight excluding hydrogens is 336 g/mol. The number of nitriles is 1. The molecule has 1 amide bonds. The molecule has 6 nitrogen and oxygen atoms in total. The van der Waals surface area contributed by atoms with Crippen molar-refractivity contribution in [3.05, 3.63) is 34.7 Å². The topological polar surface area (TPSA) is 91.8 Å². The Labute approximate surface area is 151 Å². The predicted octanol–water partition coefficient (Wildman–Crippen LogP) is 3.49. The van der Waals surface area contributed by atoms with Gasteiger partial charge in [-0.25, -0.2) is 4.98 Å². The smallest absolute Gasteiger partial charge is 0.238 e. The highest BCUT2D eigenvalue weighted by Gasteiger charge is 2.22. The predicted molar refractivity (Wildman–Crippen MR) is 95.3 cm³/mol. The van der Waals surface area contributed by atoms with Gasteiger partial charge in [0, 0.05) is 11.8 Å². The second kappa shape index (κ2) is 7.28. The van der Waals surface area contributed by atoms with Gasteiger partial charge in [0.15, 0.2) is 5.82 Å². The van der Waals surface area contributed by atoms with Crippen LogP contribution in [0.4, 0.5) is 5.82 Å². The summed E-state index contributed by atoms with van der Waals surface area (Å²) in [6.45, 7) is 5.77. The molecule has 2 unspecified atom stereocenters. The van der Waals surface area contributed by atoms with Crippen molar-refractivity contribution in [2.45, 2.75) is 50.3 Å². The number of nitrogens with one attached hydrogen (secondary N) is 1. The molecule has 3 rings (SSSR count). The zero-order chi connectivity index (χ0) is 18.0. The molecule has 25 heavy (non-hydrogen) atoms. The van der Waals surface area contributed by atoms with Gasteiger partial charge in [-0.1, -0.05) is 23.8 Å². The molecule has 0 fully saturated rings. The number of anilines is 1.